The maximum atomic E-state index is 11.7. The van der Waals surface area contributed by atoms with Crippen molar-refractivity contribution in [2.75, 3.05) is 12.3 Å². The second-order valence-corrected chi connectivity index (χ2v) is 3.67. The molecule has 5 nitrogen and oxygen atoms in total. The van der Waals surface area contributed by atoms with Gasteiger partial charge in [0.1, 0.15) is 0 Å². The van der Waals surface area contributed by atoms with Gasteiger partial charge in [-0.1, -0.05) is 25.5 Å². The number of nitrogen functional groups attached to an aromatic ring is 1. The van der Waals surface area contributed by atoms with Crippen molar-refractivity contribution in [1.29, 1.82) is 0 Å². The normalized spacial score (nSPS) is 10.1. The third-order valence-corrected chi connectivity index (χ3v) is 2.34. The smallest absolute Gasteiger partial charge is 0.462 e. The number of nitrogens with two attached hydrogens (primary N) is 1. The molecular formula is C11H16BNO4. The van der Waals surface area contributed by atoms with Crippen molar-refractivity contribution in [2.45, 2.75) is 19.8 Å². The first-order valence-corrected chi connectivity index (χ1v) is 5.49. The highest BCUT2D eigenvalue weighted by Crippen LogP contribution is 2.11. The zero-order valence-electron chi connectivity index (χ0n) is 9.72. The number of esters is 1. The van der Waals surface area contributed by atoms with Crippen LogP contribution in [-0.4, -0.2) is 29.7 Å². The van der Waals surface area contributed by atoms with Crippen molar-refractivity contribution in [1.82, 2.24) is 0 Å². The Morgan fingerprint density at radius 1 is 1.47 bits per heavy atom. The van der Waals surface area contributed by atoms with Gasteiger partial charge in [0.2, 0.25) is 0 Å². The van der Waals surface area contributed by atoms with E-state index in [-0.39, 0.29) is 16.7 Å². The Bertz CT molecular complexity index is 395. The van der Waals surface area contributed by atoms with E-state index in [4.69, 9.17) is 20.5 Å². The lowest BCUT2D eigenvalue weighted by Crippen LogP contribution is -2.36. The molecule has 92 valence electrons. The van der Waals surface area contributed by atoms with Gasteiger partial charge in [0.25, 0.3) is 0 Å². The molecule has 17 heavy (non-hydrogen) atoms. The molecule has 1 rings (SSSR count). The van der Waals surface area contributed by atoms with Crippen molar-refractivity contribution in [3.05, 3.63) is 23.8 Å². The van der Waals surface area contributed by atoms with E-state index in [2.05, 4.69) is 0 Å². The Hall–Kier alpha value is -1.53. The highest BCUT2D eigenvalue weighted by Gasteiger charge is 2.23. The first kappa shape index (κ1) is 13.5. The molecule has 4 N–H and O–H groups in total. The SMILES string of the molecule is CCCCOC(=O)c1c(N)cccc1B(O)O. The number of hydrogen-bond donors (Lipinski definition) is 3. The average Bonchev–Trinajstić information content (AvgIpc) is 2.28. The third-order valence-electron chi connectivity index (χ3n) is 2.34. The Labute approximate surface area is 100 Å². The van der Waals surface area contributed by atoms with Gasteiger partial charge in [-0.25, -0.2) is 4.79 Å². The van der Waals surface area contributed by atoms with Crippen molar-refractivity contribution in [3.8, 4) is 0 Å². The lowest BCUT2D eigenvalue weighted by Gasteiger charge is -2.11. The van der Waals surface area contributed by atoms with Gasteiger partial charge in [-0.3, -0.25) is 0 Å². The minimum absolute atomic E-state index is 0.0265. The van der Waals surface area contributed by atoms with E-state index in [0.717, 1.165) is 12.8 Å². The maximum Gasteiger partial charge on any atom is 0.489 e. The lowest BCUT2D eigenvalue weighted by atomic mass is 9.76. The standard InChI is InChI=1S/C11H16BNO4/c1-2-3-7-17-11(14)10-8(12(15)16)5-4-6-9(10)13/h4-6,15-16H,2-3,7,13H2,1H3. The van der Waals surface area contributed by atoms with E-state index in [0.29, 0.717) is 6.61 Å². The Morgan fingerprint density at radius 3 is 2.76 bits per heavy atom. The van der Waals surface area contributed by atoms with Crippen LogP contribution in [0.4, 0.5) is 5.69 Å². The Kier molecular flexibility index (Phi) is 4.99. The summed E-state index contributed by atoms with van der Waals surface area (Å²) >= 11 is 0. The van der Waals surface area contributed by atoms with Crippen LogP contribution < -0.4 is 11.2 Å². The molecule has 0 saturated carbocycles. The molecule has 0 aromatic heterocycles. The van der Waals surface area contributed by atoms with Gasteiger partial charge in [0, 0.05) is 5.69 Å². The van der Waals surface area contributed by atoms with Crippen LogP contribution in [0.2, 0.25) is 0 Å². The molecule has 1 aromatic carbocycles. The molecule has 0 radical (unpaired) electrons. The average molecular weight is 237 g/mol. The topological polar surface area (TPSA) is 92.8 Å². The maximum absolute atomic E-state index is 11.7. The summed E-state index contributed by atoms with van der Waals surface area (Å²) in [5, 5.41) is 18.3. The number of carbonyl (C=O) groups excluding carboxylic acids is 1. The second-order valence-electron chi connectivity index (χ2n) is 3.67. The van der Waals surface area contributed by atoms with E-state index >= 15 is 0 Å². The highest BCUT2D eigenvalue weighted by molar-refractivity contribution is 6.60. The third kappa shape index (κ3) is 3.47. The van der Waals surface area contributed by atoms with Gasteiger partial charge in [-0.2, -0.15) is 0 Å². The number of ether oxygens (including phenoxy) is 1. The highest BCUT2D eigenvalue weighted by atomic mass is 16.5. The summed E-state index contributed by atoms with van der Waals surface area (Å²) in [7, 11) is -1.74. The van der Waals surface area contributed by atoms with E-state index in [1.807, 2.05) is 6.92 Å². The fourth-order valence-corrected chi connectivity index (χ4v) is 1.42. The van der Waals surface area contributed by atoms with Crippen molar-refractivity contribution >= 4 is 24.2 Å². The van der Waals surface area contributed by atoms with Gasteiger partial charge in [0.05, 0.1) is 12.2 Å². The van der Waals surface area contributed by atoms with Crippen molar-refractivity contribution in [3.63, 3.8) is 0 Å². The van der Waals surface area contributed by atoms with Crippen LogP contribution in [0, 0.1) is 0 Å². The largest absolute Gasteiger partial charge is 0.489 e. The molecule has 0 atom stereocenters. The molecule has 1 aromatic rings. The first-order valence-electron chi connectivity index (χ1n) is 5.49. The molecule has 6 heteroatoms. The molecule has 0 heterocycles. The number of rotatable bonds is 5. The van der Waals surface area contributed by atoms with E-state index in [1.165, 1.54) is 12.1 Å². The predicted octanol–water partition coefficient (Wildman–Crippen LogP) is -0.0945. The number of benzene rings is 1. The van der Waals surface area contributed by atoms with Gasteiger partial charge >= 0.3 is 13.1 Å². The predicted molar refractivity (Wildman–Crippen MR) is 65.9 cm³/mol. The van der Waals surface area contributed by atoms with E-state index in [9.17, 15) is 4.79 Å². The summed E-state index contributed by atoms with van der Waals surface area (Å²) in [4.78, 5) is 11.7. The van der Waals surface area contributed by atoms with E-state index in [1.54, 1.807) is 6.07 Å². The van der Waals surface area contributed by atoms with Gasteiger partial charge < -0.3 is 20.5 Å². The Morgan fingerprint density at radius 2 is 2.18 bits per heavy atom. The van der Waals surface area contributed by atoms with Crippen molar-refractivity contribution in [2.24, 2.45) is 0 Å². The molecule has 0 saturated heterocycles. The van der Waals surface area contributed by atoms with Gasteiger partial charge in [-0.15, -0.1) is 0 Å². The van der Waals surface area contributed by atoms with Crippen LogP contribution in [0.3, 0.4) is 0 Å². The summed E-state index contributed by atoms with van der Waals surface area (Å²) in [6.07, 6.45) is 1.67. The molecule has 0 aliphatic rings. The number of unbranched alkanes of at least 4 members (excludes halogenated alkanes) is 1. The molecule has 0 aliphatic heterocycles. The first-order chi connectivity index (χ1) is 8.07. The molecule has 0 amide bonds. The summed E-state index contributed by atoms with van der Waals surface area (Å²) in [5.74, 6) is -0.625. The van der Waals surface area contributed by atoms with Crippen LogP contribution in [0.25, 0.3) is 0 Å². The molecule has 0 aliphatic carbocycles. The lowest BCUT2D eigenvalue weighted by molar-refractivity contribution is 0.0502. The minimum atomic E-state index is -1.74. The summed E-state index contributed by atoms with van der Waals surface area (Å²) in [6, 6.07) is 4.49. The minimum Gasteiger partial charge on any atom is -0.462 e. The zero-order valence-corrected chi connectivity index (χ0v) is 9.72. The fourth-order valence-electron chi connectivity index (χ4n) is 1.42. The van der Waals surface area contributed by atoms with Crippen LogP contribution in [0.1, 0.15) is 30.1 Å². The number of anilines is 1. The van der Waals surface area contributed by atoms with Crippen LogP contribution in [0.15, 0.2) is 18.2 Å². The van der Waals surface area contributed by atoms with Crippen LogP contribution in [-0.2, 0) is 4.74 Å². The van der Waals surface area contributed by atoms with Crippen LogP contribution >= 0.6 is 0 Å². The fraction of sp³-hybridized carbons (Fsp3) is 0.364. The summed E-state index contributed by atoms with van der Waals surface area (Å²) in [6.45, 7) is 2.28. The van der Waals surface area contributed by atoms with Gasteiger partial charge in [0.15, 0.2) is 0 Å². The summed E-state index contributed by atoms with van der Waals surface area (Å²) < 4.78 is 5.00. The monoisotopic (exact) mass is 237 g/mol. The second kappa shape index (κ2) is 6.27. The summed E-state index contributed by atoms with van der Waals surface area (Å²) in [5.41, 5.74) is 5.91. The molecule has 0 unspecified atom stereocenters. The van der Waals surface area contributed by atoms with Crippen molar-refractivity contribution < 1.29 is 19.6 Å². The molecular weight excluding hydrogens is 221 g/mol. The number of carbonyl (C=O) groups is 1. The quantitative estimate of drug-likeness (QED) is 0.288. The van der Waals surface area contributed by atoms with Crippen LogP contribution in [0.5, 0.6) is 0 Å². The zero-order chi connectivity index (χ0) is 12.8. The Balaban J connectivity index is 2.91. The molecule has 0 bridgehead atoms. The molecule has 0 fully saturated rings. The van der Waals surface area contributed by atoms with E-state index < -0.39 is 13.1 Å². The number of hydrogen-bond acceptors (Lipinski definition) is 5. The van der Waals surface area contributed by atoms with Gasteiger partial charge in [-0.05, 0) is 17.9 Å². The molecule has 0 spiro atoms.